The van der Waals surface area contributed by atoms with Crippen LogP contribution in [0.15, 0.2) is 28.7 Å². The minimum atomic E-state index is -1.13. The summed E-state index contributed by atoms with van der Waals surface area (Å²) in [7, 11) is 0. The van der Waals surface area contributed by atoms with E-state index < -0.39 is 5.97 Å². The van der Waals surface area contributed by atoms with Crippen LogP contribution in [0.5, 0.6) is 5.75 Å². The third kappa shape index (κ3) is 3.04. The van der Waals surface area contributed by atoms with Crippen molar-refractivity contribution in [3.63, 3.8) is 0 Å². The summed E-state index contributed by atoms with van der Waals surface area (Å²) in [6, 6.07) is 7.36. The summed E-state index contributed by atoms with van der Waals surface area (Å²) in [5, 5.41) is 11.8. The minimum Gasteiger partial charge on any atom is -0.494 e. The molecule has 2 aromatic rings. The van der Waals surface area contributed by atoms with Crippen LogP contribution in [-0.2, 0) is 0 Å². The van der Waals surface area contributed by atoms with Crippen LogP contribution in [0.3, 0.4) is 0 Å². The van der Waals surface area contributed by atoms with Gasteiger partial charge in [0.05, 0.1) is 12.3 Å². The quantitative estimate of drug-likeness (QED) is 0.861. The highest BCUT2D eigenvalue weighted by molar-refractivity contribution is 5.85. The van der Waals surface area contributed by atoms with Crippen LogP contribution in [0.2, 0.25) is 0 Å². The first-order valence-electron chi connectivity index (χ1n) is 5.80. The van der Waals surface area contributed by atoms with E-state index in [4.69, 9.17) is 14.3 Å². The van der Waals surface area contributed by atoms with Crippen LogP contribution >= 0.6 is 0 Å². The third-order valence-electron chi connectivity index (χ3n) is 2.41. The zero-order valence-electron chi connectivity index (χ0n) is 10.6. The average Bonchev–Trinajstić information content (AvgIpc) is 2.73. The Balaban J connectivity index is 2.12. The first kappa shape index (κ1) is 12.9. The molecule has 2 rings (SSSR count). The smallest absolute Gasteiger partial charge is 0.373 e. The largest absolute Gasteiger partial charge is 0.494 e. The zero-order chi connectivity index (χ0) is 13.8. The molecule has 6 heteroatoms. The molecule has 0 bridgehead atoms. The number of nitrogens with one attached hydrogen (secondary N) is 1. The van der Waals surface area contributed by atoms with E-state index in [2.05, 4.69) is 10.3 Å². The SMILES string of the molecule is CCOc1ccc(Nc2nc(C)c(C(=O)O)o2)cc1. The molecule has 1 aromatic heterocycles. The van der Waals surface area contributed by atoms with Crippen molar-refractivity contribution in [3.05, 3.63) is 35.7 Å². The normalized spacial score (nSPS) is 10.2. The molecule has 0 saturated heterocycles. The van der Waals surface area contributed by atoms with Gasteiger partial charge in [-0.2, -0.15) is 4.98 Å². The number of aromatic carboxylic acids is 1. The summed E-state index contributed by atoms with van der Waals surface area (Å²) in [5.74, 6) is -0.527. The zero-order valence-corrected chi connectivity index (χ0v) is 10.6. The Morgan fingerprint density at radius 1 is 1.42 bits per heavy atom. The molecule has 0 spiro atoms. The number of ether oxygens (including phenoxy) is 1. The van der Waals surface area contributed by atoms with E-state index in [1.807, 2.05) is 6.92 Å². The Kier molecular flexibility index (Phi) is 3.70. The van der Waals surface area contributed by atoms with Crippen molar-refractivity contribution in [2.45, 2.75) is 13.8 Å². The second-order valence-corrected chi connectivity index (χ2v) is 3.82. The first-order chi connectivity index (χ1) is 9.10. The maximum Gasteiger partial charge on any atom is 0.373 e. The van der Waals surface area contributed by atoms with Gasteiger partial charge in [-0.25, -0.2) is 4.79 Å². The van der Waals surface area contributed by atoms with E-state index in [9.17, 15) is 4.79 Å². The summed E-state index contributed by atoms with van der Waals surface area (Å²) < 4.78 is 10.4. The summed E-state index contributed by atoms with van der Waals surface area (Å²) in [4.78, 5) is 14.8. The molecular weight excluding hydrogens is 248 g/mol. The van der Waals surface area contributed by atoms with Crippen LogP contribution in [0.4, 0.5) is 11.7 Å². The lowest BCUT2D eigenvalue weighted by Crippen LogP contribution is -1.95. The van der Waals surface area contributed by atoms with E-state index >= 15 is 0 Å². The minimum absolute atomic E-state index is 0.152. The van der Waals surface area contributed by atoms with Gasteiger partial charge in [0.1, 0.15) is 5.75 Å². The molecule has 19 heavy (non-hydrogen) atoms. The number of aryl methyl sites for hydroxylation is 1. The van der Waals surface area contributed by atoms with Gasteiger partial charge < -0.3 is 19.6 Å². The molecule has 0 atom stereocenters. The van der Waals surface area contributed by atoms with Crippen molar-refractivity contribution in [2.75, 3.05) is 11.9 Å². The van der Waals surface area contributed by atoms with Gasteiger partial charge in [0, 0.05) is 5.69 Å². The second kappa shape index (κ2) is 5.43. The maximum absolute atomic E-state index is 10.8. The Bertz CT molecular complexity index is 575. The summed E-state index contributed by atoms with van der Waals surface area (Å²) in [5.41, 5.74) is 1.07. The van der Waals surface area contributed by atoms with Crippen molar-refractivity contribution in [1.29, 1.82) is 0 Å². The molecule has 0 fully saturated rings. The number of oxazole rings is 1. The van der Waals surface area contributed by atoms with Crippen LogP contribution in [0.25, 0.3) is 0 Å². The molecule has 100 valence electrons. The standard InChI is InChI=1S/C13H14N2O4/c1-3-18-10-6-4-9(5-7-10)15-13-14-8(2)11(19-13)12(16)17/h4-7H,3H2,1-2H3,(H,14,15)(H,16,17). The second-order valence-electron chi connectivity index (χ2n) is 3.82. The van der Waals surface area contributed by atoms with E-state index in [1.165, 1.54) is 0 Å². The first-order valence-corrected chi connectivity index (χ1v) is 5.80. The van der Waals surface area contributed by atoms with Crippen LogP contribution in [-0.4, -0.2) is 22.7 Å². The van der Waals surface area contributed by atoms with Crippen molar-refractivity contribution >= 4 is 17.7 Å². The molecule has 0 aliphatic heterocycles. The molecule has 1 heterocycles. The van der Waals surface area contributed by atoms with Crippen molar-refractivity contribution in [1.82, 2.24) is 4.98 Å². The van der Waals surface area contributed by atoms with Crippen LogP contribution in [0, 0.1) is 6.92 Å². The van der Waals surface area contributed by atoms with Crippen LogP contribution in [0.1, 0.15) is 23.2 Å². The molecule has 2 N–H and O–H groups in total. The molecule has 0 radical (unpaired) electrons. The monoisotopic (exact) mass is 262 g/mol. The molecule has 0 aliphatic carbocycles. The van der Waals surface area contributed by atoms with Gasteiger partial charge in [-0.05, 0) is 38.1 Å². The number of carboxylic acids is 1. The number of nitrogens with zero attached hydrogens (tertiary/aromatic N) is 1. The Labute approximate surface area is 110 Å². The van der Waals surface area contributed by atoms with Gasteiger partial charge in [-0.15, -0.1) is 0 Å². The van der Waals surface area contributed by atoms with E-state index in [-0.39, 0.29) is 11.8 Å². The number of aromatic nitrogens is 1. The average molecular weight is 262 g/mol. The van der Waals surface area contributed by atoms with Crippen molar-refractivity contribution < 1.29 is 19.1 Å². The maximum atomic E-state index is 10.8. The summed E-state index contributed by atoms with van der Waals surface area (Å²) in [6.07, 6.45) is 0. The third-order valence-corrected chi connectivity index (χ3v) is 2.41. The Hall–Kier alpha value is -2.50. The van der Waals surface area contributed by atoms with E-state index in [0.29, 0.717) is 12.3 Å². The molecule has 0 unspecified atom stereocenters. The highest BCUT2D eigenvalue weighted by Crippen LogP contribution is 2.21. The van der Waals surface area contributed by atoms with Gasteiger partial charge in [0.15, 0.2) is 0 Å². The van der Waals surface area contributed by atoms with Gasteiger partial charge in [-0.1, -0.05) is 0 Å². The van der Waals surface area contributed by atoms with Crippen molar-refractivity contribution in [2.24, 2.45) is 0 Å². The number of hydrogen-bond donors (Lipinski definition) is 2. The lowest BCUT2D eigenvalue weighted by molar-refractivity contribution is 0.0662. The predicted molar refractivity (Wildman–Crippen MR) is 69.1 cm³/mol. The van der Waals surface area contributed by atoms with Gasteiger partial charge >= 0.3 is 5.97 Å². The highest BCUT2D eigenvalue weighted by atomic mass is 16.5. The number of rotatable bonds is 5. The number of carbonyl (C=O) groups is 1. The lowest BCUT2D eigenvalue weighted by Gasteiger charge is -2.04. The number of benzene rings is 1. The molecule has 1 aromatic carbocycles. The topological polar surface area (TPSA) is 84.6 Å². The Morgan fingerprint density at radius 2 is 2.11 bits per heavy atom. The predicted octanol–water partition coefficient (Wildman–Crippen LogP) is 2.82. The van der Waals surface area contributed by atoms with E-state index in [1.54, 1.807) is 31.2 Å². The van der Waals surface area contributed by atoms with Gasteiger partial charge in [0.25, 0.3) is 6.01 Å². The molecule has 0 amide bonds. The fourth-order valence-electron chi connectivity index (χ4n) is 1.57. The molecule has 0 aliphatic rings. The summed E-state index contributed by atoms with van der Waals surface area (Å²) in [6.45, 7) is 4.10. The van der Waals surface area contributed by atoms with Gasteiger partial charge in [-0.3, -0.25) is 0 Å². The molecular formula is C13H14N2O4. The molecule has 6 nitrogen and oxygen atoms in total. The van der Waals surface area contributed by atoms with Crippen LogP contribution < -0.4 is 10.1 Å². The Morgan fingerprint density at radius 3 is 2.63 bits per heavy atom. The fourth-order valence-corrected chi connectivity index (χ4v) is 1.57. The lowest BCUT2D eigenvalue weighted by atomic mass is 10.3. The fraction of sp³-hybridized carbons (Fsp3) is 0.231. The van der Waals surface area contributed by atoms with Crippen molar-refractivity contribution in [3.8, 4) is 5.75 Å². The summed E-state index contributed by atoms with van der Waals surface area (Å²) >= 11 is 0. The van der Waals surface area contributed by atoms with E-state index in [0.717, 1.165) is 11.4 Å². The number of carboxylic acid groups (broad SMARTS) is 1. The number of hydrogen-bond acceptors (Lipinski definition) is 5. The highest BCUT2D eigenvalue weighted by Gasteiger charge is 2.16. The number of anilines is 2. The van der Waals surface area contributed by atoms with Gasteiger partial charge in [0.2, 0.25) is 5.76 Å². The molecule has 0 saturated carbocycles.